The zero-order chi connectivity index (χ0) is 31.4. The molecule has 4 fully saturated rings. The van der Waals surface area contributed by atoms with Gasteiger partial charge in [0.2, 0.25) is 0 Å². The van der Waals surface area contributed by atoms with Gasteiger partial charge in [-0.1, -0.05) is 58.7 Å². The Kier molecular flexibility index (Phi) is 8.62. The second-order valence-electron chi connectivity index (χ2n) is 16.0. The molecule has 0 aromatic heterocycles. The summed E-state index contributed by atoms with van der Waals surface area (Å²) in [6.45, 7) is 9.73. The van der Waals surface area contributed by atoms with Gasteiger partial charge in [-0.15, -0.1) is 0 Å². The van der Waals surface area contributed by atoms with Crippen LogP contribution in [0.2, 0.25) is 0 Å². The lowest BCUT2D eigenvalue weighted by atomic mass is 9.54. The smallest absolute Gasteiger partial charge is 0.276 e. The van der Waals surface area contributed by atoms with E-state index in [0.29, 0.717) is 29.1 Å². The first-order valence-electron chi connectivity index (χ1n) is 17.3. The second kappa shape index (κ2) is 11.9. The maximum atomic E-state index is 13.5. The molecule has 0 amide bonds. The Morgan fingerprint density at radius 1 is 1.02 bits per heavy atom. The van der Waals surface area contributed by atoms with Gasteiger partial charge >= 0.3 is 0 Å². The highest BCUT2D eigenvalue weighted by Crippen LogP contribution is 2.71. The van der Waals surface area contributed by atoms with E-state index in [1.54, 1.807) is 12.1 Å². The van der Waals surface area contributed by atoms with Crippen LogP contribution in [0.3, 0.4) is 0 Å². The van der Waals surface area contributed by atoms with Crippen molar-refractivity contribution in [2.24, 2.45) is 57.4 Å². The molecule has 4 aliphatic rings. The highest BCUT2D eigenvalue weighted by molar-refractivity contribution is 7.89. The summed E-state index contributed by atoms with van der Waals surface area (Å²) in [5.74, 6) is 3.82. The van der Waals surface area contributed by atoms with Crippen molar-refractivity contribution in [1.29, 1.82) is 0 Å². The van der Waals surface area contributed by atoms with E-state index in [1.165, 1.54) is 44.9 Å². The van der Waals surface area contributed by atoms with Crippen molar-refractivity contribution in [3.8, 4) is 0 Å². The van der Waals surface area contributed by atoms with Crippen LogP contribution in [0.4, 0.5) is 5.69 Å². The van der Waals surface area contributed by atoms with Crippen molar-refractivity contribution in [2.75, 3.05) is 19.0 Å². The third-order valence-corrected chi connectivity index (χ3v) is 14.3. The Bertz CT molecular complexity index is 1490. The summed E-state index contributed by atoms with van der Waals surface area (Å²) >= 11 is 0. The van der Waals surface area contributed by atoms with Crippen LogP contribution < -0.4 is 9.73 Å². The van der Waals surface area contributed by atoms with E-state index in [9.17, 15) is 13.5 Å². The fourth-order valence-electron chi connectivity index (χ4n) is 10.8. The zero-order valence-corrected chi connectivity index (χ0v) is 28.6. The highest BCUT2D eigenvalue weighted by atomic mass is 32.2. The molecule has 0 radical (unpaired) electrons. The van der Waals surface area contributed by atoms with Crippen molar-refractivity contribution in [1.82, 2.24) is 4.83 Å². The number of anilines is 1. The van der Waals surface area contributed by atoms with Crippen LogP contribution in [0.5, 0.6) is 0 Å². The van der Waals surface area contributed by atoms with Gasteiger partial charge in [-0.2, -0.15) is 13.5 Å². The highest BCUT2D eigenvalue weighted by Gasteiger charge is 2.65. The van der Waals surface area contributed by atoms with E-state index in [-0.39, 0.29) is 22.3 Å². The Hall–Kier alpha value is -2.12. The van der Waals surface area contributed by atoms with Gasteiger partial charge in [-0.25, -0.2) is 4.83 Å². The number of aliphatic hydroxyl groups is 1. The van der Waals surface area contributed by atoms with E-state index in [4.69, 9.17) is 0 Å². The molecule has 2 aromatic rings. The Morgan fingerprint density at radius 2 is 1.77 bits per heavy atom. The average Bonchev–Trinajstić information content (AvgIpc) is 3.43. The molecule has 0 saturated heterocycles. The summed E-state index contributed by atoms with van der Waals surface area (Å²) in [6, 6.07) is 11.3. The number of nitrogens with one attached hydrogen (secondary N) is 1. The summed E-state index contributed by atoms with van der Waals surface area (Å²) in [5.41, 5.74) is 1.58. The van der Waals surface area contributed by atoms with Gasteiger partial charge in [0, 0.05) is 37.3 Å². The van der Waals surface area contributed by atoms with Crippen LogP contribution in [0.25, 0.3) is 10.8 Å². The van der Waals surface area contributed by atoms with Gasteiger partial charge in [0.05, 0.1) is 11.0 Å². The lowest BCUT2D eigenvalue weighted by Gasteiger charge is -2.51. The quantitative estimate of drug-likeness (QED) is 0.221. The Balaban J connectivity index is 1.26. The molecule has 9 atom stereocenters. The molecule has 0 spiro atoms. The van der Waals surface area contributed by atoms with Gasteiger partial charge in [-0.05, 0) is 121 Å². The van der Waals surface area contributed by atoms with E-state index >= 15 is 0 Å². The minimum Gasteiger partial charge on any atom is -0.393 e. The fourth-order valence-corrected chi connectivity index (χ4v) is 11.6. The molecular formula is C37H55N3O3S. The number of fused-ring (bicyclic) bond motifs is 6. The second-order valence-corrected chi connectivity index (χ2v) is 17.6. The molecule has 6 nitrogen and oxygen atoms in total. The predicted molar refractivity (Wildman–Crippen MR) is 181 cm³/mol. The topological polar surface area (TPSA) is 82.0 Å². The molecule has 242 valence electrons. The van der Waals surface area contributed by atoms with Gasteiger partial charge in [-0.3, -0.25) is 0 Å². The summed E-state index contributed by atoms with van der Waals surface area (Å²) < 4.78 is 27.0. The van der Waals surface area contributed by atoms with Crippen LogP contribution in [-0.2, 0) is 10.0 Å². The number of hydrazone groups is 1. The number of sulfonamides is 1. The number of nitrogens with zero attached hydrogens (tertiary/aromatic N) is 2. The molecule has 2 aromatic carbocycles. The largest absolute Gasteiger partial charge is 0.393 e. The number of rotatable bonds is 9. The van der Waals surface area contributed by atoms with Gasteiger partial charge in [0.25, 0.3) is 10.0 Å². The first kappa shape index (κ1) is 31.8. The Labute approximate surface area is 266 Å². The minimum atomic E-state index is -3.83. The molecule has 0 aliphatic heterocycles. The fraction of sp³-hybridized carbons (Fsp3) is 0.703. The SMILES string of the molecule is CC(C)CCC[C@H]1CCC2C3C(/C=N/NS(=O)(=O)c4ccc5c(N(C)C)cccc5c4)[C@@H]4C[C@@H](O)CC[C@]4(C)C3CC[C@@]21C. The van der Waals surface area contributed by atoms with Crippen LogP contribution in [0.15, 0.2) is 46.4 Å². The summed E-state index contributed by atoms with van der Waals surface area (Å²) in [6.07, 6.45) is 13.6. The summed E-state index contributed by atoms with van der Waals surface area (Å²) in [7, 11) is 0.158. The molecule has 4 aliphatic carbocycles. The summed E-state index contributed by atoms with van der Waals surface area (Å²) in [4.78, 5) is 4.87. The van der Waals surface area contributed by atoms with Crippen LogP contribution in [-0.4, -0.2) is 39.9 Å². The Morgan fingerprint density at radius 3 is 2.52 bits per heavy atom. The molecular weight excluding hydrogens is 566 g/mol. The van der Waals surface area contributed by atoms with Crippen molar-refractivity contribution in [3.63, 3.8) is 0 Å². The first-order valence-corrected chi connectivity index (χ1v) is 18.8. The number of hydrogen-bond donors (Lipinski definition) is 2. The molecule has 4 unspecified atom stereocenters. The van der Waals surface area contributed by atoms with E-state index < -0.39 is 10.0 Å². The van der Waals surface area contributed by atoms with Gasteiger partial charge < -0.3 is 10.0 Å². The van der Waals surface area contributed by atoms with Crippen molar-refractivity contribution in [3.05, 3.63) is 36.4 Å². The normalized spacial score (nSPS) is 36.9. The van der Waals surface area contributed by atoms with Crippen LogP contribution >= 0.6 is 0 Å². The monoisotopic (exact) mass is 621 g/mol. The van der Waals surface area contributed by atoms with Crippen LogP contribution in [0, 0.1) is 52.3 Å². The molecule has 0 heterocycles. The van der Waals surface area contributed by atoms with Crippen molar-refractivity contribution < 1.29 is 13.5 Å². The number of hydrogen-bond acceptors (Lipinski definition) is 5. The van der Waals surface area contributed by atoms with Crippen molar-refractivity contribution in [2.45, 2.75) is 103 Å². The molecule has 44 heavy (non-hydrogen) atoms. The standard InChI is InChI=1S/C37H55N3O3S/c1-24(2)9-7-11-26-13-16-31-35-30(33-22-27(41)17-19-37(33,4)32(35)18-20-36(26,31)3)23-38-39-44(42,43)28-14-15-29-25(21-28)10-8-12-34(29)40(5)6/h8,10,12,14-15,21,23-24,26-27,30-33,35,39,41H,7,9,11,13,16-20,22H2,1-6H3/b38-23+/t26-,27-,30?,31?,32?,33-,35?,36+,37+/m0/s1. The lowest BCUT2D eigenvalue weighted by Crippen LogP contribution is -2.44. The molecule has 0 bridgehead atoms. The van der Waals surface area contributed by atoms with E-state index in [1.807, 2.05) is 49.5 Å². The lowest BCUT2D eigenvalue weighted by molar-refractivity contribution is -0.0303. The molecule has 7 heteroatoms. The predicted octanol–water partition coefficient (Wildman–Crippen LogP) is 7.85. The van der Waals surface area contributed by atoms with Gasteiger partial charge in [0.15, 0.2) is 0 Å². The third kappa shape index (κ3) is 5.48. The zero-order valence-electron chi connectivity index (χ0n) is 27.8. The van der Waals surface area contributed by atoms with Crippen LogP contribution in [0.1, 0.15) is 91.9 Å². The maximum Gasteiger partial charge on any atom is 0.276 e. The summed E-state index contributed by atoms with van der Waals surface area (Å²) in [5, 5.41) is 17.3. The maximum absolute atomic E-state index is 13.5. The van der Waals surface area contributed by atoms with E-state index in [0.717, 1.165) is 47.6 Å². The first-order chi connectivity index (χ1) is 20.8. The van der Waals surface area contributed by atoms with Gasteiger partial charge in [0.1, 0.15) is 0 Å². The molecule has 2 N–H and O–H groups in total. The molecule has 6 rings (SSSR count). The van der Waals surface area contributed by atoms with Crippen molar-refractivity contribution >= 4 is 32.7 Å². The minimum absolute atomic E-state index is 0.180. The number of benzene rings is 2. The average molecular weight is 622 g/mol. The van der Waals surface area contributed by atoms with E-state index in [2.05, 4.69) is 37.6 Å². The number of aliphatic hydroxyl groups excluding tert-OH is 1. The molecule has 4 saturated carbocycles. The third-order valence-electron chi connectivity index (χ3n) is 13.0.